The van der Waals surface area contributed by atoms with Crippen molar-refractivity contribution in [1.82, 2.24) is 20.5 Å². The van der Waals surface area contributed by atoms with Crippen molar-refractivity contribution in [3.8, 4) is 0 Å². The van der Waals surface area contributed by atoms with Gasteiger partial charge in [0.2, 0.25) is 0 Å². The number of aromatic nitrogens is 3. The summed E-state index contributed by atoms with van der Waals surface area (Å²) >= 11 is 0. The van der Waals surface area contributed by atoms with Gasteiger partial charge in [-0.3, -0.25) is 5.32 Å². The van der Waals surface area contributed by atoms with Crippen molar-refractivity contribution in [3.63, 3.8) is 0 Å². The highest BCUT2D eigenvalue weighted by Crippen LogP contribution is 2.15. The van der Waals surface area contributed by atoms with E-state index < -0.39 is 17.5 Å². The van der Waals surface area contributed by atoms with E-state index in [9.17, 15) is 9.59 Å². The number of amides is 2. The van der Waals surface area contributed by atoms with Crippen LogP contribution in [-0.2, 0) is 4.79 Å². The summed E-state index contributed by atoms with van der Waals surface area (Å²) in [6.07, 6.45) is 3.29. The van der Waals surface area contributed by atoms with Crippen LogP contribution in [0, 0.1) is 0 Å². The summed E-state index contributed by atoms with van der Waals surface area (Å²) in [6.45, 7) is 3.39. The fourth-order valence-electron chi connectivity index (χ4n) is 1.44. The average molecular weight is 253 g/mol. The first-order valence-corrected chi connectivity index (χ1v) is 5.50. The first-order valence-electron chi connectivity index (χ1n) is 5.50. The number of nitrogens with one attached hydrogen (secondary N) is 2. The topological polar surface area (TPSA) is 117 Å². The van der Waals surface area contributed by atoms with Crippen LogP contribution >= 0.6 is 0 Å². The van der Waals surface area contributed by atoms with E-state index in [-0.39, 0.29) is 18.8 Å². The minimum atomic E-state index is -1.29. The number of nitrogens with zero attached hydrogens (tertiary/aromatic N) is 3. The first kappa shape index (κ1) is 13.8. The molecule has 0 radical (unpaired) electrons. The Morgan fingerprint density at radius 2 is 2.00 bits per heavy atom. The van der Waals surface area contributed by atoms with Gasteiger partial charge in [0.25, 0.3) is 5.95 Å². The summed E-state index contributed by atoms with van der Waals surface area (Å²) in [4.78, 5) is 26.6. The normalized spacial score (nSPS) is 10.8. The lowest BCUT2D eigenvalue weighted by Gasteiger charge is -2.27. The fraction of sp³-hybridized carbons (Fsp3) is 0.500. The van der Waals surface area contributed by atoms with E-state index in [1.165, 1.54) is 12.4 Å². The van der Waals surface area contributed by atoms with E-state index in [1.54, 1.807) is 13.8 Å². The molecule has 0 saturated heterocycles. The molecule has 0 bridgehead atoms. The second kappa shape index (κ2) is 5.89. The molecule has 0 atom stereocenters. The molecule has 0 spiro atoms. The van der Waals surface area contributed by atoms with Crippen molar-refractivity contribution >= 4 is 17.9 Å². The van der Waals surface area contributed by atoms with Crippen LogP contribution in [-0.4, -0.2) is 37.8 Å². The van der Waals surface area contributed by atoms with Crippen molar-refractivity contribution < 1.29 is 14.7 Å². The number of hydrogen-bond donors (Lipinski definition) is 3. The van der Waals surface area contributed by atoms with Crippen LogP contribution < -0.4 is 10.6 Å². The predicted octanol–water partition coefficient (Wildman–Crippen LogP) is 0.636. The molecule has 0 unspecified atom stereocenters. The Balaban J connectivity index is 2.71. The lowest BCUT2D eigenvalue weighted by atomic mass is 9.93. The van der Waals surface area contributed by atoms with Crippen LogP contribution in [0.4, 0.5) is 10.7 Å². The molecule has 0 fully saturated rings. The highest BCUT2D eigenvalue weighted by molar-refractivity contribution is 5.92. The summed E-state index contributed by atoms with van der Waals surface area (Å²) in [5, 5.41) is 21.0. The Hall–Kier alpha value is -2.25. The molecule has 1 heterocycles. The summed E-state index contributed by atoms with van der Waals surface area (Å²) in [5.74, 6) is -1.06. The predicted molar refractivity (Wildman–Crippen MR) is 62.9 cm³/mol. The van der Waals surface area contributed by atoms with E-state index >= 15 is 0 Å². The van der Waals surface area contributed by atoms with Gasteiger partial charge in [0.1, 0.15) is 5.54 Å². The lowest BCUT2D eigenvalue weighted by molar-refractivity contribution is -0.144. The molecule has 3 N–H and O–H groups in total. The van der Waals surface area contributed by atoms with Gasteiger partial charge < -0.3 is 10.4 Å². The van der Waals surface area contributed by atoms with Crippen molar-refractivity contribution in [2.75, 3.05) is 5.32 Å². The summed E-state index contributed by atoms with van der Waals surface area (Å²) < 4.78 is 0. The van der Waals surface area contributed by atoms with Gasteiger partial charge in [0, 0.05) is 0 Å². The second-order valence-electron chi connectivity index (χ2n) is 3.64. The zero-order chi connectivity index (χ0) is 13.6. The third kappa shape index (κ3) is 3.12. The molecule has 0 aliphatic rings. The van der Waals surface area contributed by atoms with Crippen molar-refractivity contribution in [1.29, 1.82) is 0 Å². The maximum atomic E-state index is 11.7. The number of aliphatic carboxylic acids is 1. The second-order valence-corrected chi connectivity index (χ2v) is 3.64. The monoisotopic (exact) mass is 253 g/mol. The Bertz CT molecular complexity index is 419. The highest BCUT2D eigenvalue weighted by Gasteiger charge is 2.36. The van der Waals surface area contributed by atoms with Crippen LogP contribution in [0.3, 0.4) is 0 Å². The zero-order valence-corrected chi connectivity index (χ0v) is 10.2. The highest BCUT2D eigenvalue weighted by atomic mass is 16.4. The van der Waals surface area contributed by atoms with Gasteiger partial charge in [-0.05, 0) is 12.8 Å². The molecule has 18 heavy (non-hydrogen) atoms. The van der Waals surface area contributed by atoms with Crippen LogP contribution in [0.5, 0.6) is 0 Å². The Kier molecular flexibility index (Phi) is 4.52. The van der Waals surface area contributed by atoms with Gasteiger partial charge in [-0.2, -0.15) is 5.10 Å². The Morgan fingerprint density at radius 3 is 2.44 bits per heavy atom. The molecule has 8 heteroatoms. The molecular weight excluding hydrogens is 238 g/mol. The van der Waals surface area contributed by atoms with Gasteiger partial charge >= 0.3 is 12.0 Å². The van der Waals surface area contributed by atoms with E-state index in [4.69, 9.17) is 5.11 Å². The maximum Gasteiger partial charge on any atom is 0.329 e. The number of rotatable bonds is 5. The van der Waals surface area contributed by atoms with Gasteiger partial charge in [-0.1, -0.05) is 13.8 Å². The third-order valence-electron chi connectivity index (χ3n) is 2.68. The molecule has 0 aliphatic carbocycles. The largest absolute Gasteiger partial charge is 0.480 e. The number of carbonyl (C=O) groups excluding carboxylic acids is 1. The minimum Gasteiger partial charge on any atom is -0.480 e. The van der Waals surface area contributed by atoms with Crippen LogP contribution in [0.1, 0.15) is 26.7 Å². The molecule has 98 valence electrons. The molecule has 8 nitrogen and oxygen atoms in total. The molecule has 1 aromatic heterocycles. The summed E-state index contributed by atoms with van der Waals surface area (Å²) in [6, 6.07) is -0.672. The Morgan fingerprint density at radius 1 is 1.33 bits per heavy atom. The zero-order valence-electron chi connectivity index (χ0n) is 10.2. The average Bonchev–Trinajstić information content (AvgIpc) is 2.37. The summed E-state index contributed by atoms with van der Waals surface area (Å²) in [5.41, 5.74) is -1.29. The fourth-order valence-corrected chi connectivity index (χ4v) is 1.44. The number of hydrogen-bond acceptors (Lipinski definition) is 5. The smallest absolute Gasteiger partial charge is 0.329 e. The van der Waals surface area contributed by atoms with Crippen molar-refractivity contribution in [2.24, 2.45) is 0 Å². The molecule has 2 amide bonds. The minimum absolute atomic E-state index is 0.0153. The van der Waals surface area contributed by atoms with E-state index in [1.807, 2.05) is 0 Å². The van der Waals surface area contributed by atoms with E-state index in [0.717, 1.165) is 0 Å². The van der Waals surface area contributed by atoms with E-state index in [2.05, 4.69) is 25.8 Å². The number of carboxylic acid groups (broad SMARTS) is 1. The number of carboxylic acids is 1. The molecule has 0 aromatic carbocycles. The molecule has 0 saturated carbocycles. The molecular formula is C10H15N5O3. The molecule has 0 aliphatic heterocycles. The van der Waals surface area contributed by atoms with Gasteiger partial charge in [0.15, 0.2) is 0 Å². The van der Waals surface area contributed by atoms with Crippen molar-refractivity contribution in [3.05, 3.63) is 12.4 Å². The van der Waals surface area contributed by atoms with Crippen LogP contribution in [0.25, 0.3) is 0 Å². The molecule has 1 rings (SSSR count). The molecule has 1 aromatic rings. The van der Waals surface area contributed by atoms with Gasteiger partial charge in [-0.25, -0.2) is 14.6 Å². The van der Waals surface area contributed by atoms with Crippen LogP contribution in [0.15, 0.2) is 12.4 Å². The van der Waals surface area contributed by atoms with Gasteiger partial charge in [0.05, 0.1) is 12.4 Å². The SMILES string of the molecule is CCC(CC)(NC(=O)Nc1nccnn1)C(=O)O. The first-order chi connectivity index (χ1) is 8.54. The Labute approximate surface area is 104 Å². The lowest BCUT2D eigenvalue weighted by Crippen LogP contribution is -2.55. The van der Waals surface area contributed by atoms with Crippen molar-refractivity contribution in [2.45, 2.75) is 32.2 Å². The number of anilines is 1. The van der Waals surface area contributed by atoms with Crippen LogP contribution in [0.2, 0.25) is 0 Å². The van der Waals surface area contributed by atoms with Gasteiger partial charge in [-0.15, -0.1) is 5.10 Å². The maximum absolute atomic E-state index is 11.7. The standard InChI is InChI=1S/C10H15N5O3/c1-3-10(4-2,7(16)17)14-9(18)13-8-11-5-6-12-15-8/h5-6H,3-4H2,1-2H3,(H,16,17)(H2,11,13,14,15,18). The quantitative estimate of drug-likeness (QED) is 0.708. The number of urea groups is 1. The third-order valence-corrected chi connectivity index (χ3v) is 2.68. The van der Waals surface area contributed by atoms with E-state index in [0.29, 0.717) is 0 Å². The number of carbonyl (C=O) groups is 2. The summed E-state index contributed by atoms with van der Waals surface area (Å²) in [7, 11) is 0.